The molecule has 0 unspecified atom stereocenters. The van der Waals surface area contributed by atoms with Crippen molar-refractivity contribution in [3.8, 4) is 33.9 Å². The Hall–Kier alpha value is -6.55. The van der Waals surface area contributed by atoms with Crippen LogP contribution in [0, 0.1) is 10.8 Å². The lowest BCUT2D eigenvalue weighted by atomic mass is 10.0. The SMILES string of the molecule is FC(F)(F)c1ccc(Cn2c(-c3ccc(C(F)(F)F)cc3)nc(-c3ccccc3)c2-c2ccccc2)cc1.N=C(C(=N)c1ccccc1)c1ccccc1. The van der Waals surface area contributed by atoms with E-state index in [2.05, 4.69) is 0 Å². The Morgan fingerprint density at radius 1 is 0.463 bits per heavy atom. The summed E-state index contributed by atoms with van der Waals surface area (Å²) in [5.74, 6) is 0.399. The fourth-order valence-electron chi connectivity index (χ4n) is 5.80. The second kappa shape index (κ2) is 16.0. The summed E-state index contributed by atoms with van der Waals surface area (Å²) in [7, 11) is 0. The van der Waals surface area contributed by atoms with Gasteiger partial charge in [0.05, 0.1) is 33.9 Å². The summed E-state index contributed by atoms with van der Waals surface area (Å²) in [5, 5.41) is 15.9. The first-order chi connectivity index (χ1) is 25.9. The quantitative estimate of drug-likeness (QED) is 0.119. The molecule has 0 fully saturated rings. The van der Waals surface area contributed by atoms with Crippen LogP contribution in [0.5, 0.6) is 0 Å². The van der Waals surface area contributed by atoms with E-state index >= 15 is 0 Å². The van der Waals surface area contributed by atoms with Crippen LogP contribution in [0.4, 0.5) is 26.3 Å². The Balaban J connectivity index is 0.000000259. The molecular formula is C44H32F6N4. The summed E-state index contributed by atoms with van der Waals surface area (Å²) in [6.45, 7) is 0.151. The number of alkyl halides is 6. The molecular weight excluding hydrogens is 698 g/mol. The van der Waals surface area contributed by atoms with Gasteiger partial charge in [0.15, 0.2) is 0 Å². The zero-order chi connectivity index (χ0) is 38.3. The van der Waals surface area contributed by atoms with Gasteiger partial charge in [-0.15, -0.1) is 0 Å². The fourth-order valence-corrected chi connectivity index (χ4v) is 5.80. The molecule has 7 aromatic rings. The minimum Gasteiger partial charge on any atom is -0.319 e. The molecule has 6 aromatic carbocycles. The number of nitrogens with zero attached hydrogens (tertiary/aromatic N) is 2. The van der Waals surface area contributed by atoms with Gasteiger partial charge >= 0.3 is 12.4 Å². The minimum atomic E-state index is -4.49. The molecule has 0 radical (unpaired) electrons. The Morgan fingerprint density at radius 3 is 1.28 bits per heavy atom. The average molecular weight is 731 g/mol. The van der Waals surface area contributed by atoms with Crippen molar-refractivity contribution in [3.05, 3.63) is 198 Å². The third-order valence-corrected chi connectivity index (χ3v) is 8.53. The molecule has 2 N–H and O–H groups in total. The number of hydrogen-bond donors (Lipinski definition) is 2. The van der Waals surface area contributed by atoms with E-state index in [0.29, 0.717) is 28.3 Å². The third-order valence-electron chi connectivity index (χ3n) is 8.53. The lowest BCUT2D eigenvalue weighted by Gasteiger charge is -2.15. The van der Waals surface area contributed by atoms with E-state index in [1.165, 1.54) is 24.3 Å². The Morgan fingerprint density at radius 2 is 0.852 bits per heavy atom. The first kappa shape index (κ1) is 37.2. The zero-order valence-corrected chi connectivity index (χ0v) is 28.5. The number of nitrogens with one attached hydrogen (secondary N) is 2. The highest BCUT2D eigenvalue weighted by Gasteiger charge is 2.31. The van der Waals surface area contributed by atoms with Crippen molar-refractivity contribution in [3.63, 3.8) is 0 Å². The van der Waals surface area contributed by atoms with E-state index in [-0.39, 0.29) is 18.0 Å². The molecule has 0 aliphatic carbocycles. The highest BCUT2D eigenvalue weighted by Crippen LogP contribution is 2.38. The lowest BCUT2D eigenvalue weighted by molar-refractivity contribution is -0.138. The minimum absolute atomic E-state index is 0.151. The van der Waals surface area contributed by atoms with Gasteiger partial charge in [-0.25, -0.2) is 4.98 Å². The maximum absolute atomic E-state index is 13.2. The highest BCUT2D eigenvalue weighted by molar-refractivity contribution is 6.51. The van der Waals surface area contributed by atoms with Crippen LogP contribution in [0.25, 0.3) is 33.9 Å². The topological polar surface area (TPSA) is 65.5 Å². The van der Waals surface area contributed by atoms with E-state index in [1.807, 2.05) is 126 Å². The normalized spacial score (nSPS) is 11.4. The Labute approximate surface area is 308 Å². The van der Waals surface area contributed by atoms with Crippen LogP contribution in [-0.2, 0) is 18.9 Å². The second-order valence-corrected chi connectivity index (χ2v) is 12.2. The van der Waals surface area contributed by atoms with Gasteiger partial charge in [0, 0.05) is 34.4 Å². The maximum atomic E-state index is 13.2. The summed E-state index contributed by atoms with van der Waals surface area (Å²) in [6.07, 6.45) is -8.95. The zero-order valence-electron chi connectivity index (χ0n) is 28.5. The molecule has 54 heavy (non-hydrogen) atoms. The van der Waals surface area contributed by atoms with Gasteiger partial charge in [-0.3, -0.25) is 10.8 Å². The van der Waals surface area contributed by atoms with Gasteiger partial charge in [0.1, 0.15) is 5.82 Å². The average Bonchev–Trinajstić information content (AvgIpc) is 3.57. The molecule has 0 amide bonds. The molecule has 10 heteroatoms. The summed E-state index contributed by atoms with van der Waals surface area (Å²) in [6, 6.07) is 47.0. The Bertz CT molecular complexity index is 2270. The van der Waals surface area contributed by atoms with Crippen LogP contribution in [0.1, 0.15) is 27.8 Å². The molecule has 0 saturated carbocycles. The van der Waals surface area contributed by atoms with Gasteiger partial charge in [-0.1, -0.05) is 146 Å². The van der Waals surface area contributed by atoms with Crippen molar-refractivity contribution < 1.29 is 26.3 Å². The summed E-state index contributed by atoms with van der Waals surface area (Å²) >= 11 is 0. The van der Waals surface area contributed by atoms with Crippen LogP contribution in [0.15, 0.2) is 170 Å². The maximum Gasteiger partial charge on any atom is 0.416 e. The van der Waals surface area contributed by atoms with E-state index in [1.54, 1.807) is 0 Å². The van der Waals surface area contributed by atoms with Crippen molar-refractivity contribution in [1.29, 1.82) is 10.8 Å². The number of imidazole rings is 1. The summed E-state index contributed by atoms with van der Waals surface area (Å²) < 4.78 is 80.9. The summed E-state index contributed by atoms with van der Waals surface area (Å²) in [5.41, 5.74) is 4.47. The second-order valence-electron chi connectivity index (χ2n) is 12.2. The van der Waals surface area contributed by atoms with E-state index in [0.717, 1.165) is 46.5 Å². The molecule has 270 valence electrons. The Kier molecular flexibility index (Phi) is 11.0. The highest BCUT2D eigenvalue weighted by atomic mass is 19.4. The number of halogens is 6. The standard InChI is InChI=1S/C30H20F6N2.C14H12N2/c31-29(32,33)24-15-11-20(12-16-24)19-38-27(22-9-5-2-6-10-22)26(21-7-3-1-4-8-21)37-28(38)23-13-17-25(18-14-23)30(34,35)36;15-13(11-7-3-1-4-8-11)14(16)12-9-5-2-6-10-12/h1-18H,19H2;1-10,15-16H. The first-order valence-electron chi connectivity index (χ1n) is 16.7. The van der Waals surface area contributed by atoms with Crippen molar-refractivity contribution >= 4 is 11.4 Å². The molecule has 0 aliphatic rings. The third kappa shape index (κ3) is 8.73. The van der Waals surface area contributed by atoms with Crippen LogP contribution in [0.3, 0.4) is 0 Å². The largest absolute Gasteiger partial charge is 0.416 e. The molecule has 1 heterocycles. The van der Waals surface area contributed by atoms with Gasteiger partial charge < -0.3 is 4.57 Å². The number of rotatable bonds is 8. The summed E-state index contributed by atoms with van der Waals surface area (Å²) in [4.78, 5) is 4.87. The van der Waals surface area contributed by atoms with Crippen LogP contribution >= 0.6 is 0 Å². The van der Waals surface area contributed by atoms with Crippen molar-refractivity contribution in [2.75, 3.05) is 0 Å². The van der Waals surface area contributed by atoms with Crippen molar-refractivity contribution in [2.45, 2.75) is 18.9 Å². The predicted octanol–water partition coefficient (Wildman–Crippen LogP) is 12.1. The molecule has 1 aromatic heterocycles. The molecule has 0 atom stereocenters. The smallest absolute Gasteiger partial charge is 0.319 e. The fraction of sp³-hybridized carbons (Fsp3) is 0.0682. The number of aromatic nitrogens is 2. The van der Waals surface area contributed by atoms with Crippen LogP contribution < -0.4 is 0 Å². The molecule has 0 aliphatic heterocycles. The molecule has 0 bridgehead atoms. The van der Waals surface area contributed by atoms with Gasteiger partial charge in [-0.05, 0) is 29.8 Å². The molecule has 4 nitrogen and oxygen atoms in total. The monoisotopic (exact) mass is 730 g/mol. The van der Waals surface area contributed by atoms with E-state index in [9.17, 15) is 26.3 Å². The van der Waals surface area contributed by atoms with Gasteiger partial charge in [0.25, 0.3) is 0 Å². The molecule has 0 saturated heterocycles. The number of benzene rings is 6. The lowest BCUT2D eigenvalue weighted by Crippen LogP contribution is -2.14. The van der Waals surface area contributed by atoms with E-state index < -0.39 is 23.5 Å². The van der Waals surface area contributed by atoms with Gasteiger partial charge in [0.2, 0.25) is 0 Å². The van der Waals surface area contributed by atoms with E-state index in [4.69, 9.17) is 15.8 Å². The van der Waals surface area contributed by atoms with Crippen molar-refractivity contribution in [1.82, 2.24) is 9.55 Å². The van der Waals surface area contributed by atoms with Crippen molar-refractivity contribution in [2.24, 2.45) is 0 Å². The molecule has 7 rings (SSSR count). The van der Waals surface area contributed by atoms with Gasteiger partial charge in [-0.2, -0.15) is 26.3 Å². The predicted molar refractivity (Wildman–Crippen MR) is 201 cm³/mol. The molecule has 0 spiro atoms. The van der Waals surface area contributed by atoms with Crippen LogP contribution in [-0.4, -0.2) is 21.0 Å². The van der Waals surface area contributed by atoms with Crippen LogP contribution in [0.2, 0.25) is 0 Å². The number of hydrogen-bond acceptors (Lipinski definition) is 3. The first-order valence-corrected chi connectivity index (χ1v) is 16.7.